The normalized spacial score (nSPS) is 15.8. The number of nitrogens with zero attached hydrogens (tertiary/aromatic N) is 2. The lowest BCUT2D eigenvalue weighted by Crippen LogP contribution is -2.21. The minimum absolute atomic E-state index is 0.166. The summed E-state index contributed by atoms with van der Waals surface area (Å²) in [6.45, 7) is 3.67. The number of fused-ring (bicyclic) bond motifs is 1. The average molecular weight is 344 g/mol. The van der Waals surface area contributed by atoms with Gasteiger partial charge in [0.1, 0.15) is 11.8 Å². The van der Waals surface area contributed by atoms with Crippen LogP contribution in [0.3, 0.4) is 0 Å². The van der Waals surface area contributed by atoms with E-state index in [0.29, 0.717) is 33.5 Å². The Morgan fingerprint density at radius 2 is 1.81 bits per heavy atom. The zero-order valence-corrected chi connectivity index (χ0v) is 14.4. The molecule has 0 saturated carbocycles. The van der Waals surface area contributed by atoms with Crippen molar-refractivity contribution in [3.63, 3.8) is 0 Å². The molecule has 1 aromatic heterocycles. The summed E-state index contributed by atoms with van der Waals surface area (Å²) in [4.78, 5) is 25.5. The lowest BCUT2D eigenvalue weighted by atomic mass is 10.1. The first-order valence-corrected chi connectivity index (χ1v) is 8.23. The number of benzene rings is 2. The van der Waals surface area contributed by atoms with Crippen molar-refractivity contribution in [1.82, 2.24) is 0 Å². The minimum Gasteiger partial charge on any atom is -0.463 e. The Bertz CT molecular complexity index is 1140. The molecule has 0 atom stereocenters. The van der Waals surface area contributed by atoms with Crippen molar-refractivity contribution in [3.05, 3.63) is 81.7 Å². The van der Waals surface area contributed by atoms with Crippen LogP contribution >= 0.6 is 0 Å². The number of aryl methyl sites for hydroxylation is 1. The summed E-state index contributed by atoms with van der Waals surface area (Å²) in [6, 6.07) is 14.6. The number of amides is 1. The molecule has 1 amide bonds. The molecule has 0 saturated heterocycles. The van der Waals surface area contributed by atoms with Crippen LogP contribution in [0.1, 0.15) is 18.1 Å². The van der Waals surface area contributed by atoms with E-state index in [0.717, 1.165) is 5.56 Å². The van der Waals surface area contributed by atoms with Gasteiger partial charge in [0.25, 0.3) is 5.91 Å². The molecule has 0 bridgehead atoms. The van der Waals surface area contributed by atoms with Crippen molar-refractivity contribution in [3.8, 4) is 0 Å². The minimum atomic E-state index is -0.266. The van der Waals surface area contributed by atoms with E-state index in [9.17, 15) is 9.59 Å². The van der Waals surface area contributed by atoms with Gasteiger partial charge in [0, 0.05) is 0 Å². The number of rotatable bonds is 2. The Hall–Kier alpha value is -3.47. The van der Waals surface area contributed by atoms with Gasteiger partial charge in [0.05, 0.1) is 27.9 Å². The van der Waals surface area contributed by atoms with E-state index >= 15 is 0 Å². The van der Waals surface area contributed by atoms with Gasteiger partial charge in [0.2, 0.25) is 0 Å². The molecule has 0 radical (unpaired) electrons. The second-order valence-electron chi connectivity index (χ2n) is 6.22. The van der Waals surface area contributed by atoms with Gasteiger partial charge >= 0.3 is 0 Å². The molecule has 1 aliphatic rings. The molecule has 5 heteroatoms. The maximum absolute atomic E-state index is 12.8. The zero-order valence-electron chi connectivity index (χ0n) is 14.4. The summed E-state index contributed by atoms with van der Waals surface area (Å²) >= 11 is 0. The number of carbonyl (C=O) groups excluding carboxylic acids is 1. The summed E-state index contributed by atoms with van der Waals surface area (Å²) in [5.74, 6) is -0.266. The molecular weight excluding hydrogens is 328 g/mol. The molecule has 0 aliphatic carbocycles. The van der Waals surface area contributed by atoms with Crippen molar-refractivity contribution >= 4 is 34.4 Å². The SMILES string of the molecule is CC1=NN(c2ccccc2)C(=O)/C1=C/c1coc2ccc(C)cc2c1=O. The van der Waals surface area contributed by atoms with E-state index in [1.807, 2.05) is 43.3 Å². The molecule has 128 valence electrons. The van der Waals surface area contributed by atoms with Gasteiger partial charge < -0.3 is 4.42 Å². The number of hydrogen-bond donors (Lipinski definition) is 0. The van der Waals surface area contributed by atoms with E-state index in [4.69, 9.17) is 4.42 Å². The van der Waals surface area contributed by atoms with E-state index in [2.05, 4.69) is 5.10 Å². The number of hydrogen-bond acceptors (Lipinski definition) is 4. The number of para-hydroxylation sites is 1. The molecule has 3 aromatic rings. The lowest BCUT2D eigenvalue weighted by Gasteiger charge is -2.10. The Morgan fingerprint density at radius 3 is 2.58 bits per heavy atom. The van der Waals surface area contributed by atoms with Gasteiger partial charge in [-0.1, -0.05) is 29.8 Å². The van der Waals surface area contributed by atoms with E-state index in [-0.39, 0.29) is 11.3 Å². The first kappa shape index (κ1) is 16.0. The van der Waals surface area contributed by atoms with E-state index in [1.54, 1.807) is 25.1 Å². The van der Waals surface area contributed by atoms with Crippen LogP contribution in [0, 0.1) is 6.92 Å². The molecule has 2 aromatic carbocycles. The van der Waals surface area contributed by atoms with Crippen molar-refractivity contribution in [2.24, 2.45) is 5.10 Å². The predicted octanol–water partition coefficient (Wildman–Crippen LogP) is 3.91. The van der Waals surface area contributed by atoms with Crippen LogP contribution in [-0.2, 0) is 4.79 Å². The Labute approximate surface area is 149 Å². The molecule has 1 aliphatic heterocycles. The van der Waals surface area contributed by atoms with Crippen LogP contribution in [0.4, 0.5) is 5.69 Å². The van der Waals surface area contributed by atoms with Crippen LogP contribution in [0.15, 0.2) is 74.7 Å². The van der Waals surface area contributed by atoms with Gasteiger partial charge in [-0.2, -0.15) is 10.1 Å². The van der Waals surface area contributed by atoms with Crippen LogP contribution in [0.2, 0.25) is 0 Å². The highest BCUT2D eigenvalue weighted by Gasteiger charge is 2.28. The highest BCUT2D eigenvalue weighted by Crippen LogP contribution is 2.24. The number of carbonyl (C=O) groups is 1. The van der Waals surface area contributed by atoms with Crippen LogP contribution < -0.4 is 10.4 Å². The zero-order chi connectivity index (χ0) is 18.3. The predicted molar refractivity (Wildman–Crippen MR) is 102 cm³/mol. The molecule has 2 heterocycles. The summed E-state index contributed by atoms with van der Waals surface area (Å²) < 4.78 is 5.56. The summed E-state index contributed by atoms with van der Waals surface area (Å²) in [5, 5.41) is 6.16. The fraction of sp³-hybridized carbons (Fsp3) is 0.0952. The second-order valence-corrected chi connectivity index (χ2v) is 6.22. The highest BCUT2D eigenvalue weighted by molar-refractivity contribution is 6.32. The summed E-state index contributed by atoms with van der Waals surface area (Å²) in [5.41, 5.74) is 3.28. The molecule has 26 heavy (non-hydrogen) atoms. The van der Waals surface area contributed by atoms with Gasteiger partial charge in [0.15, 0.2) is 5.43 Å². The van der Waals surface area contributed by atoms with Gasteiger partial charge in [-0.05, 0) is 44.2 Å². The Morgan fingerprint density at radius 1 is 1.04 bits per heavy atom. The third-order valence-corrected chi connectivity index (χ3v) is 4.32. The summed E-state index contributed by atoms with van der Waals surface area (Å²) in [7, 11) is 0. The van der Waals surface area contributed by atoms with Crippen LogP contribution in [0.5, 0.6) is 0 Å². The maximum atomic E-state index is 12.8. The van der Waals surface area contributed by atoms with Gasteiger partial charge in [-0.25, -0.2) is 0 Å². The largest absolute Gasteiger partial charge is 0.463 e. The Balaban J connectivity index is 1.79. The topological polar surface area (TPSA) is 62.9 Å². The third-order valence-electron chi connectivity index (χ3n) is 4.32. The van der Waals surface area contributed by atoms with E-state index in [1.165, 1.54) is 11.3 Å². The monoisotopic (exact) mass is 344 g/mol. The molecule has 0 fully saturated rings. The van der Waals surface area contributed by atoms with Crippen molar-refractivity contribution in [1.29, 1.82) is 0 Å². The highest BCUT2D eigenvalue weighted by atomic mass is 16.3. The Kier molecular flexibility index (Phi) is 3.77. The quantitative estimate of drug-likeness (QED) is 0.662. The standard InChI is InChI=1S/C21H16N2O3/c1-13-8-9-19-18(10-13)20(24)15(12-26-19)11-17-14(2)22-23(21(17)25)16-6-4-3-5-7-16/h3-12H,1-2H3/b17-11+. The lowest BCUT2D eigenvalue weighted by molar-refractivity contribution is -0.114. The maximum Gasteiger partial charge on any atom is 0.280 e. The molecule has 5 nitrogen and oxygen atoms in total. The van der Waals surface area contributed by atoms with Crippen molar-refractivity contribution < 1.29 is 9.21 Å². The molecule has 4 rings (SSSR count). The summed E-state index contributed by atoms with van der Waals surface area (Å²) in [6.07, 6.45) is 2.94. The van der Waals surface area contributed by atoms with Gasteiger partial charge in [-0.3, -0.25) is 9.59 Å². The number of anilines is 1. The van der Waals surface area contributed by atoms with Gasteiger partial charge in [-0.15, -0.1) is 0 Å². The number of hydrazone groups is 1. The third kappa shape index (κ3) is 2.63. The fourth-order valence-corrected chi connectivity index (χ4v) is 2.94. The van der Waals surface area contributed by atoms with Crippen LogP contribution in [-0.4, -0.2) is 11.6 Å². The average Bonchev–Trinajstić information content (AvgIpc) is 2.93. The van der Waals surface area contributed by atoms with Crippen molar-refractivity contribution in [2.45, 2.75) is 13.8 Å². The molecular formula is C21H16N2O3. The first-order chi connectivity index (χ1) is 12.5. The van der Waals surface area contributed by atoms with Crippen LogP contribution in [0.25, 0.3) is 17.0 Å². The smallest absolute Gasteiger partial charge is 0.280 e. The van der Waals surface area contributed by atoms with Crippen molar-refractivity contribution in [2.75, 3.05) is 5.01 Å². The second kappa shape index (κ2) is 6.11. The fourth-order valence-electron chi connectivity index (χ4n) is 2.94. The first-order valence-electron chi connectivity index (χ1n) is 8.23. The molecule has 0 unspecified atom stereocenters. The molecule has 0 spiro atoms. The van der Waals surface area contributed by atoms with E-state index < -0.39 is 0 Å². The molecule has 0 N–H and O–H groups in total.